The normalized spacial score (nSPS) is 22.4. The van der Waals surface area contributed by atoms with Crippen LogP contribution in [0, 0.1) is 23.7 Å². The SMILES string of the molecule is CC.CC.CC(C)NCC(C)C1CCC(C(C)C)C1.P. The zero-order valence-corrected chi connectivity index (χ0v) is 17.3. The smallest absolute Gasteiger partial charge is 0.00104 e. The highest BCUT2D eigenvalue weighted by Crippen LogP contribution is 2.39. The Hall–Kier alpha value is 0.390. The van der Waals surface area contributed by atoms with Crippen LogP contribution in [0.4, 0.5) is 0 Å². The first-order valence-electron chi connectivity index (χ1n) is 8.74. The lowest BCUT2D eigenvalue weighted by Gasteiger charge is -2.22. The van der Waals surface area contributed by atoms with Crippen LogP contribution in [0.25, 0.3) is 0 Å². The Kier molecular flexibility index (Phi) is 20.0. The molecule has 4 unspecified atom stereocenters. The minimum atomic E-state index is 0. The van der Waals surface area contributed by atoms with Crippen molar-refractivity contribution in [2.45, 2.75) is 87.6 Å². The van der Waals surface area contributed by atoms with Gasteiger partial charge in [0.25, 0.3) is 0 Å². The Balaban J connectivity index is -0.000000529. The molecule has 0 spiro atoms. The van der Waals surface area contributed by atoms with Crippen molar-refractivity contribution in [1.29, 1.82) is 0 Å². The standard InChI is InChI=1S/C14H29N.2C2H6.H3P/c1-10(2)13-6-7-14(8-13)12(5)9-15-11(3)4;2*1-2;/h10-15H,6-9H2,1-5H3;2*1-2H3;1H3. The van der Waals surface area contributed by atoms with Crippen molar-refractivity contribution in [3.05, 3.63) is 0 Å². The summed E-state index contributed by atoms with van der Waals surface area (Å²) in [6, 6.07) is 0.634. The van der Waals surface area contributed by atoms with Gasteiger partial charge in [-0.1, -0.05) is 62.3 Å². The van der Waals surface area contributed by atoms with E-state index < -0.39 is 0 Å². The second-order valence-electron chi connectivity index (χ2n) is 6.12. The summed E-state index contributed by atoms with van der Waals surface area (Å²) >= 11 is 0. The van der Waals surface area contributed by atoms with E-state index in [1.54, 1.807) is 0 Å². The third-order valence-electron chi connectivity index (χ3n) is 4.11. The number of rotatable bonds is 5. The van der Waals surface area contributed by atoms with Crippen LogP contribution in [0.1, 0.15) is 81.6 Å². The van der Waals surface area contributed by atoms with Gasteiger partial charge in [-0.3, -0.25) is 0 Å². The summed E-state index contributed by atoms with van der Waals surface area (Å²) in [5.41, 5.74) is 0. The predicted octanol–water partition coefficient (Wildman–Crippen LogP) is 5.80. The van der Waals surface area contributed by atoms with Gasteiger partial charge in [-0.2, -0.15) is 9.90 Å². The van der Waals surface area contributed by atoms with Gasteiger partial charge in [0, 0.05) is 6.04 Å². The fourth-order valence-electron chi connectivity index (χ4n) is 2.76. The molecule has 0 heterocycles. The second-order valence-corrected chi connectivity index (χ2v) is 6.12. The summed E-state index contributed by atoms with van der Waals surface area (Å²) in [5.74, 6) is 3.72. The molecule has 0 aliphatic heterocycles. The third-order valence-corrected chi connectivity index (χ3v) is 4.11. The van der Waals surface area contributed by atoms with E-state index in [1.807, 2.05) is 27.7 Å². The van der Waals surface area contributed by atoms with Crippen molar-refractivity contribution >= 4 is 9.90 Å². The number of nitrogens with one attached hydrogen (secondary N) is 1. The molecule has 0 aromatic rings. The Labute approximate surface area is 133 Å². The van der Waals surface area contributed by atoms with E-state index in [0.29, 0.717) is 6.04 Å². The lowest BCUT2D eigenvalue weighted by Crippen LogP contribution is -2.30. The monoisotopic (exact) mass is 305 g/mol. The lowest BCUT2D eigenvalue weighted by atomic mass is 9.88. The van der Waals surface area contributed by atoms with Crippen LogP contribution >= 0.6 is 9.90 Å². The van der Waals surface area contributed by atoms with Gasteiger partial charge in [0.2, 0.25) is 0 Å². The summed E-state index contributed by atoms with van der Waals surface area (Å²) in [6.45, 7) is 20.8. The van der Waals surface area contributed by atoms with E-state index >= 15 is 0 Å². The molecule has 1 aliphatic carbocycles. The summed E-state index contributed by atoms with van der Waals surface area (Å²) in [4.78, 5) is 0. The van der Waals surface area contributed by atoms with Gasteiger partial charge in [-0.15, -0.1) is 0 Å². The van der Waals surface area contributed by atoms with Gasteiger partial charge in [0.1, 0.15) is 0 Å². The van der Waals surface area contributed by atoms with Crippen LogP contribution in [0.2, 0.25) is 0 Å². The fourth-order valence-corrected chi connectivity index (χ4v) is 2.76. The van der Waals surface area contributed by atoms with Crippen LogP contribution in [-0.4, -0.2) is 12.6 Å². The fraction of sp³-hybridized carbons (Fsp3) is 1.00. The first kappa shape index (κ1) is 25.3. The average molecular weight is 306 g/mol. The molecule has 4 atom stereocenters. The van der Waals surface area contributed by atoms with Crippen LogP contribution in [0.5, 0.6) is 0 Å². The molecule has 0 radical (unpaired) electrons. The minimum absolute atomic E-state index is 0. The summed E-state index contributed by atoms with van der Waals surface area (Å²) in [5, 5.41) is 3.57. The molecule has 0 bridgehead atoms. The maximum atomic E-state index is 3.57. The maximum absolute atomic E-state index is 3.57. The molecular weight excluding hydrogens is 261 g/mol. The van der Waals surface area contributed by atoms with E-state index in [4.69, 9.17) is 0 Å². The van der Waals surface area contributed by atoms with Gasteiger partial charge >= 0.3 is 0 Å². The molecule has 20 heavy (non-hydrogen) atoms. The molecular formula is C18H44NP. The van der Waals surface area contributed by atoms with Crippen molar-refractivity contribution in [2.24, 2.45) is 23.7 Å². The highest BCUT2D eigenvalue weighted by molar-refractivity contribution is 6.92. The molecule has 0 aromatic carbocycles. The molecule has 126 valence electrons. The molecule has 1 N–H and O–H groups in total. The Morgan fingerprint density at radius 2 is 1.30 bits per heavy atom. The quantitative estimate of drug-likeness (QED) is 0.633. The largest absolute Gasteiger partial charge is 0.314 e. The number of hydrogen-bond acceptors (Lipinski definition) is 1. The van der Waals surface area contributed by atoms with E-state index in [2.05, 4.69) is 39.9 Å². The van der Waals surface area contributed by atoms with Gasteiger partial charge < -0.3 is 5.32 Å². The van der Waals surface area contributed by atoms with E-state index in [0.717, 1.165) is 23.7 Å². The van der Waals surface area contributed by atoms with Gasteiger partial charge in [0.05, 0.1) is 0 Å². The van der Waals surface area contributed by atoms with Gasteiger partial charge in [0.15, 0.2) is 0 Å². The molecule has 2 heteroatoms. The van der Waals surface area contributed by atoms with Crippen molar-refractivity contribution in [3.63, 3.8) is 0 Å². The molecule has 0 saturated heterocycles. The molecule has 0 aromatic heterocycles. The van der Waals surface area contributed by atoms with Crippen molar-refractivity contribution in [2.75, 3.05) is 6.54 Å². The summed E-state index contributed by atoms with van der Waals surface area (Å²) in [7, 11) is 0. The van der Waals surface area contributed by atoms with Crippen LogP contribution in [0.15, 0.2) is 0 Å². The molecule has 0 amide bonds. The summed E-state index contributed by atoms with van der Waals surface area (Å²) < 4.78 is 0. The van der Waals surface area contributed by atoms with E-state index in [9.17, 15) is 0 Å². The van der Waals surface area contributed by atoms with Crippen molar-refractivity contribution in [1.82, 2.24) is 5.32 Å². The Morgan fingerprint density at radius 3 is 1.65 bits per heavy atom. The molecule has 1 aliphatic rings. The van der Waals surface area contributed by atoms with Crippen LogP contribution in [0.3, 0.4) is 0 Å². The molecule has 1 nitrogen and oxygen atoms in total. The highest BCUT2D eigenvalue weighted by Gasteiger charge is 2.29. The predicted molar refractivity (Wildman–Crippen MR) is 102 cm³/mol. The zero-order valence-electron chi connectivity index (χ0n) is 15.9. The van der Waals surface area contributed by atoms with Gasteiger partial charge in [-0.05, 0) is 49.5 Å². The minimum Gasteiger partial charge on any atom is -0.314 e. The lowest BCUT2D eigenvalue weighted by molar-refractivity contribution is 0.310. The topological polar surface area (TPSA) is 12.0 Å². The van der Waals surface area contributed by atoms with Crippen LogP contribution in [-0.2, 0) is 0 Å². The third kappa shape index (κ3) is 11.1. The molecule has 1 fully saturated rings. The molecule has 1 saturated carbocycles. The van der Waals surface area contributed by atoms with Crippen molar-refractivity contribution < 1.29 is 0 Å². The van der Waals surface area contributed by atoms with Crippen molar-refractivity contribution in [3.8, 4) is 0 Å². The average Bonchev–Trinajstić information content (AvgIpc) is 2.90. The summed E-state index contributed by atoms with van der Waals surface area (Å²) in [6.07, 6.45) is 4.40. The van der Waals surface area contributed by atoms with Crippen LogP contribution < -0.4 is 5.32 Å². The maximum Gasteiger partial charge on any atom is 0.00104 e. The first-order chi connectivity index (χ1) is 9.00. The van der Waals surface area contributed by atoms with Gasteiger partial charge in [-0.25, -0.2) is 0 Å². The zero-order chi connectivity index (χ0) is 15.4. The Bertz CT molecular complexity index is 180. The van der Waals surface area contributed by atoms with E-state index in [1.165, 1.54) is 25.8 Å². The highest BCUT2D eigenvalue weighted by atomic mass is 31.0. The van der Waals surface area contributed by atoms with E-state index in [-0.39, 0.29) is 9.90 Å². The number of hydrogen-bond donors (Lipinski definition) is 1. The first-order valence-corrected chi connectivity index (χ1v) is 8.74. The Morgan fingerprint density at radius 1 is 0.850 bits per heavy atom. The molecule has 1 rings (SSSR count). The second kappa shape index (κ2) is 15.8.